The first kappa shape index (κ1) is 18.7. The van der Waals surface area contributed by atoms with Crippen LogP contribution in [0.25, 0.3) is 11.0 Å². The Labute approximate surface area is 162 Å². The van der Waals surface area contributed by atoms with Crippen LogP contribution in [0.3, 0.4) is 0 Å². The number of aromatic nitrogens is 2. The van der Waals surface area contributed by atoms with E-state index in [1.54, 1.807) is 7.05 Å². The Morgan fingerprint density at radius 2 is 1.93 bits per heavy atom. The van der Waals surface area contributed by atoms with Crippen LogP contribution in [0, 0.1) is 5.92 Å². The molecule has 2 aliphatic rings. The normalized spacial score (nSPS) is 21.1. The fourth-order valence-electron chi connectivity index (χ4n) is 4.25. The van der Waals surface area contributed by atoms with Crippen LogP contribution in [-0.4, -0.2) is 40.6 Å². The summed E-state index contributed by atoms with van der Waals surface area (Å²) in [4.78, 5) is 36.6. The van der Waals surface area contributed by atoms with E-state index in [4.69, 9.17) is 4.74 Å². The van der Waals surface area contributed by atoms with Gasteiger partial charge in [-0.15, -0.1) is 0 Å². The summed E-state index contributed by atoms with van der Waals surface area (Å²) in [5.41, 5.74) is 1.06. The van der Waals surface area contributed by atoms with Crippen LogP contribution in [0.1, 0.15) is 38.1 Å². The third kappa shape index (κ3) is 3.44. The molecule has 2 saturated heterocycles. The summed E-state index contributed by atoms with van der Waals surface area (Å²) >= 11 is 0. The molecule has 1 aromatic carbocycles. The van der Waals surface area contributed by atoms with E-state index in [1.807, 2.05) is 18.2 Å². The van der Waals surface area contributed by atoms with Crippen LogP contribution in [0.5, 0.6) is 5.75 Å². The van der Waals surface area contributed by atoms with E-state index in [1.165, 1.54) is 9.13 Å². The second-order valence-electron chi connectivity index (χ2n) is 7.63. The smallest absolute Gasteiger partial charge is 0.329 e. The van der Waals surface area contributed by atoms with Gasteiger partial charge in [0.05, 0.1) is 12.1 Å². The van der Waals surface area contributed by atoms with Gasteiger partial charge in [0.25, 0.3) is 0 Å². The Balaban J connectivity index is 1.60. The molecular formula is C20H26N4O4. The number of piperidine rings is 2. The molecule has 0 saturated carbocycles. The SMILES string of the molecule is Cn1c(=O)n(C2CCC(=O)NC2=O)c2cccc(OCCC3CCNCC3)c21. The molecule has 150 valence electrons. The number of carbonyl (C=O) groups excluding carboxylic acids is 2. The molecule has 0 radical (unpaired) electrons. The van der Waals surface area contributed by atoms with Crippen molar-refractivity contribution in [2.75, 3.05) is 19.7 Å². The highest BCUT2D eigenvalue weighted by Crippen LogP contribution is 2.29. The average molecular weight is 386 g/mol. The average Bonchev–Trinajstić information content (AvgIpc) is 2.94. The predicted molar refractivity (Wildman–Crippen MR) is 104 cm³/mol. The van der Waals surface area contributed by atoms with Crippen LogP contribution in [0.4, 0.5) is 0 Å². The maximum Gasteiger partial charge on any atom is 0.329 e. The molecular weight excluding hydrogens is 360 g/mol. The number of benzene rings is 1. The molecule has 8 heteroatoms. The number of imidazole rings is 1. The Bertz CT molecular complexity index is 955. The quantitative estimate of drug-likeness (QED) is 0.750. The van der Waals surface area contributed by atoms with Gasteiger partial charge in [-0.3, -0.25) is 24.0 Å². The molecule has 0 aliphatic carbocycles. The molecule has 2 fully saturated rings. The van der Waals surface area contributed by atoms with Crippen molar-refractivity contribution in [2.24, 2.45) is 13.0 Å². The molecule has 1 aromatic heterocycles. The van der Waals surface area contributed by atoms with Gasteiger partial charge in [0.15, 0.2) is 0 Å². The van der Waals surface area contributed by atoms with E-state index in [-0.39, 0.29) is 18.0 Å². The number of imide groups is 1. The van der Waals surface area contributed by atoms with Crippen LogP contribution < -0.4 is 21.1 Å². The zero-order valence-corrected chi connectivity index (χ0v) is 16.1. The number of fused-ring (bicyclic) bond motifs is 1. The summed E-state index contributed by atoms with van der Waals surface area (Å²) in [6.07, 6.45) is 3.87. The van der Waals surface area contributed by atoms with Crippen molar-refractivity contribution in [1.29, 1.82) is 0 Å². The summed E-state index contributed by atoms with van der Waals surface area (Å²) in [7, 11) is 1.69. The molecule has 0 spiro atoms. The number of hydrogen-bond acceptors (Lipinski definition) is 5. The maximum atomic E-state index is 12.9. The fourth-order valence-corrected chi connectivity index (χ4v) is 4.25. The van der Waals surface area contributed by atoms with Crippen molar-refractivity contribution in [1.82, 2.24) is 19.8 Å². The molecule has 0 bridgehead atoms. The Kier molecular flexibility index (Phi) is 5.21. The highest BCUT2D eigenvalue weighted by Gasteiger charge is 2.31. The number of nitrogens with zero attached hydrogens (tertiary/aromatic N) is 2. The van der Waals surface area contributed by atoms with Gasteiger partial charge in [0.2, 0.25) is 11.8 Å². The standard InChI is InChI=1S/C20H26N4O4/c1-23-18-14(24(20(23)27)15-5-6-17(25)22-19(15)26)3-2-4-16(18)28-12-9-13-7-10-21-11-8-13/h2-4,13,15,21H,5-12H2,1H3,(H,22,25,26). The first-order chi connectivity index (χ1) is 13.6. The minimum absolute atomic E-state index is 0.228. The van der Waals surface area contributed by atoms with Crippen molar-refractivity contribution in [2.45, 2.75) is 38.1 Å². The second kappa shape index (κ2) is 7.79. The van der Waals surface area contributed by atoms with Gasteiger partial charge in [0.1, 0.15) is 17.3 Å². The molecule has 2 N–H and O–H groups in total. The van der Waals surface area contributed by atoms with Crippen LogP contribution in [0.2, 0.25) is 0 Å². The number of rotatable bonds is 5. The summed E-state index contributed by atoms with van der Waals surface area (Å²) < 4.78 is 9.06. The van der Waals surface area contributed by atoms with Crippen molar-refractivity contribution in [3.63, 3.8) is 0 Å². The number of ether oxygens (including phenoxy) is 1. The van der Waals surface area contributed by atoms with Gasteiger partial charge >= 0.3 is 5.69 Å². The van der Waals surface area contributed by atoms with E-state index in [0.717, 1.165) is 32.4 Å². The van der Waals surface area contributed by atoms with Crippen LogP contribution >= 0.6 is 0 Å². The lowest BCUT2D eigenvalue weighted by Crippen LogP contribution is -2.44. The molecule has 1 unspecified atom stereocenters. The Hall–Kier alpha value is -2.61. The summed E-state index contributed by atoms with van der Waals surface area (Å²) in [6, 6.07) is 4.84. The van der Waals surface area contributed by atoms with Crippen LogP contribution in [0.15, 0.2) is 23.0 Å². The third-order valence-electron chi connectivity index (χ3n) is 5.83. The number of carbonyl (C=O) groups is 2. The molecule has 8 nitrogen and oxygen atoms in total. The Morgan fingerprint density at radius 3 is 2.68 bits per heavy atom. The van der Waals surface area contributed by atoms with Crippen molar-refractivity contribution >= 4 is 22.8 Å². The van der Waals surface area contributed by atoms with Gasteiger partial charge in [-0.05, 0) is 56.8 Å². The number of hydrogen-bond donors (Lipinski definition) is 2. The second-order valence-corrected chi connectivity index (χ2v) is 7.63. The van der Waals surface area contributed by atoms with Crippen molar-refractivity contribution < 1.29 is 14.3 Å². The van der Waals surface area contributed by atoms with E-state index in [2.05, 4.69) is 10.6 Å². The monoisotopic (exact) mass is 386 g/mol. The van der Waals surface area contributed by atoms with E-state index >= 15 is 0 Å². The fraction of sp³-hybridized carbons (Fsp3) is 0.550. The molecule has 2 aromatic rings. The summed E-state index contributed by atoms with van der Waals surface area (Å²) in [5, 5.41) is 5.70. The highest BCUT2D eigenvalue weighted by atomic mass is 16.5. The molecule has 3 heterocycles. The van der Waals surface area contributed by atoms with Gasteiger partial charge in [-0.2, -0.15) is 0 Å². The number of aryl methyl sites for hydroxylation is 1. The molecule has 1 atom stereocenters. The van der Waals surface area contributed by atoms with E-state index in [0.29, 0.717) is 35.7 Å². The number of para-hydroxylation sites is 1. The topological polar surface area (TPSA) is 94.4 Å². The van der Waals surface area contributed by atoms with Gasteiger partial charge < -0.3 is 10.1 Å². The predicted octanol–water partition coefficient (Wildman–Crippen LogP) is 1.09. The molecule has 28 heavy (non-hydrogen) atoms. The summed E-state index contributed by atoms with van der Waals surface area (Å²) in [6.45, 7) is 2.72. The van der Waals surface area contributed by atoms with E-state index < -0.39 is 11.9 Å². The first-order valence-electron chi connectivity index (χ1n) is 9.93. The summed E-state index contributed by atoms with van der Waals surface area (Å²) in [5.74, 6) is 0.592. The van der Waals surface area contributed by atoms with Gasteiger partial charge in [0, 0.05) is 13.5 Å². The number of amides is 2. The minimum Gasteiger partial charge on any atom is -0.491 e. The molecule has 2 amide bonds. The largest absolute Gasteiger partial charge is 0.491 e. The zero-order valence-electron chi connectivity index (χ0n) is 16.1. The lowest BCUT2D eigenvalue weighted by molar-refractivity contribution is -0.135. The van der Waals surface area contributed by atoms with E-state index in [9.17, 15) is 14.4 Å². The molecule has 4 rings (SSSR count). The Morgan fingerprint density at radius 1 is 1.14 bits per heavy atom. The lowest BCUT2D eigenvalue weighted by Gasteiger charge is -2.22. The minimum atomic E-state index is -0.682. The highest BCUT2D eigenvalue weighted by molar-refractivity contribution is 6.00. The first-order valence-corrected chi connectivity index (χ1v) is 9.93. The maximum absolute atomic E-state index is 12.9. The lowest BCUT2D eigenvalue weighted by atomic mass is 9.95. The van der Waals surface area contributed by atoms with Crippen molar-refractivity contribution in [3.8, 4) is 5.75 Å². The van der Waals surface area contributed by atoms with Gasteiger partial charge in [-0.1, -0.05) is 6.07 Å². The van der Waals surface area contributed by atoms with Crippen molar-refractivity contribution in [3.05, 3.63) is 28.7 Å². The van der Waals surface area contributed by atoms with Gasteiger partial charge in [-0.25, -0.2) is 4.79 Å². The number of nitrogens with one attached hydrogen (secondary N) is 2. The molecule has 2 aliphatic heterocycles. The zero-order chi connectivity index (χ0) is 19.7. The van der Waals surface area contributed by atoms with Crippen LogP contribution in [-0.2, 0) is 16.6 Å². The third-order valence-corrected chi connectivity index (χ3v) is 5.83.